The minimum Gasteiger partial charge on any atom is -0.398 e. The maximum atomic E-state index is 13.5. The van der Waals surface area contributed by atoms with Gasteiger partial charge < -0.3 is 5.73 Å². The quantitative estimate of drug-likeness (QED) is 0.855. The smallest absolute Gasteiger partial charge is 0.263 e. The number of para-hydroxylation sites is 1. The molecule has 2 aromatic carbocycles. The van der Waals surface area contributed by atoms with Crippen LogP contribution in [0, 0.1) is 12.7 Å². The van der Waals surface area contributed by atoms with Crippen LogP contribution in [0.4, 0.5) is 15.8 Å². The first kappa shape index (κ1) is 14.6. The highest BCUT2D eigenvalue weighted by molar-refractivity contribution is 7.92. The third kappa shape index (κ3) is 2.86. The van der Waals surface area contributed by atoms with Gasteiger partial charge in [0.25, 0.3) is 10.0 Å². The van der Waals surface area contributed by atoms with Crippen molar-refractivity contribution in [2.45, 2.75) is 11.8 Å². The molecule has 2 aromatic rings. The van der Waals surface area contributed by atoms with Gasteiger partial charge in [0.05, 0.1) is 10.7 Å². The van der Waals surface area contributed by atoms with Gasteiger partial charge in [-0.1, -0.05) is 23.7 Å². The summed E-state index contributed by atoms with van der Waals surface area (Å²) >= 11 is 5.92. The zero-order valence-corrected chi connectivity index (χ0v) is 12.1. The van der Waals surface area contributed by atoms with Crippen molar-refractivity contribution in [3.63, 3.8) is 0 Å². The van der Waals surface area contributed by atoms with Gasteiger partial charge in [-0.15, -0.1) is 0 Å². The maximum absolute atomic E-state index is 13.5. The van der Waals surface area contributed by atoms with E-state index in [9.17, 15) is 12.8 Å². The lowest BCUT2D eigenvalue weighted by Gasteiger charge is -2.12. The number of nitrogen functional groups attached to an aromatic ring is 1. The molecule has 2 rings (SSSR count). The summed E-state index contributed by atoms with van der Waals surface area (Å²) in [5.41, 5.74) is 6.50. The van der Waals surface area contributed by atoms with E-state index >= 15 is 0 Å². The normalized spacial score (nSPS) is 11.3. The maximum Gasteiger partial charge on any atom is 0.263 e. The zero-order valence-electron chi connectivity index (χ0n) is 10.5. The van der Waals surface area contributed by atoms with Gasteiger partial charge in [-0.05, 0) is 36.8 Å². The van der Waals surface area contributed by atoms with E-state index in [1.165, 1.54) is 30.3 Å². The molecule has 4 nitrogen and oxygen atoms in total. The first-order valence-electron chi connectivity index (χ1n) is 5.64. The van der Waals surface area contributed by atoms with Gasteiger partial charge >= 0.3 is 0 Å². The molecule has 0 atom stereocenters. The Morgan fingerprint density at radius 2 is 1.90 bits per heavy atom. The van der Waals surface area contributed by atoms with E-state index in [4.69, 9.17) is 17.3 Å². The van der Waals surface area contributed by atoms with Crippen molar-refractivity contribution in [2.24, 2.45) is 0 Å². The number of sulfonamides is 1. The topological polar surface area (TPSA) is 72.2 Å². The van der Waals surface area contributed by atoms with Gasteiger partial charge in [0.1, 0.15) is 10.7 Å². The van der Waals surface area contributed by atoms with Crippen molar-refractivity contribution >= 4 is 33.0 Å². The predicted octanol–water partition coefficient (Wildman–Crippen LogP) is 3.17. The molecule has 0 saturated carbocycles. The molecule has 0 unspecified atom stereocenters. The minimum atomic E-state index is -4.01. The molecule has 0 radical (unpaired) electrons. The van der Waals surface area contributed by atoms with Gasteiger partial charge in [-0.2, -0.15) is 0 Å². The standard InChI is InChI=1S/C13H12ClFN2O2S/c1-8-6-9(14)13(7-11(8)16)20(18,19)17-12-5-3-2-4-10(12)15/h2-7,17H,16H2,1H3. The Morgan fingerprint density at radius 1 is 1.25 bits per heavy atom. The first-order chi connectivity index (χ1) is 9.31. The van der Waals surface area contributed by atoms with Crippen LogP contribution in [0.5, 0.6) is 0 Å². The predicted molar refractivity (Wildman–Crippen MR) is 77.8 cm³/mol. The van der Waals surface area contributed by atoms with Crippen molar-refractivity contribution in [1.82, 2.24) is 0 Å². The van der Waals surface area contributed by atoms with Crippen LogP contribution in [0.2, 0.25) is 5.02 Å². The first-order valence-corrected chi connectivity index (χ1v) is 7.50. The monoisotopic (exact) mass is 314 g/mol. The van der Waals surface area contributed by atoms with Crippen molar-refractivity contribution < 1.29 is 12.8 Å². The Bertz CT molecular complexity index is 763. The van der Waals surface area contributed by atoms with Crippen LogP contribution in [0.25, 0.3) is 0 Å². The summed E-state index contributed by atoms with van der Waals surface area (Å²) in [7, 11) is -4.01. The molecule has 7 heteroatoms. The van der Waals surface area contributed by atoms with Gasteiger partial charge in [0.2, 0.25) is 0 Å². The van der Waals surface area contributed by atoms with E-state index < -0.39 is 15.8 Å². The summed E-state index contributed by atoms with van der Waals surface area (Å²) in [6.45, 7) is 1.71. The molecule has 0 saturated heterocycles. The van der Waals surface area contributed by atoms with Crippen LogP contribution in [0.15, 0.2) is 41.3 Å². The summed E-state index contributed by atoms with van der Waals surface area (Å²) < 4.78 is 40.1. The molecule has 0 amide bonds. The van der Waals surface area contributed by atoms with Crippen LogP contribution in [0.1, 0.15) is 5.56 Å². The fraction of sp³-hybridized carbons (Fsp3) is 0.0769. The lowest BCUT2D eigenvalue weighted by atomic mass is 10.2. The van der Waals surface area contributed by atoms with Crippen LogP contribution in [-0.4, -0.2) is 8.42 Å². The summed E-state index contributed by atoms with van der Waals surface area (Å²) in [6, 6.07) is 8.16. The second kappa shape index (κ2) is 5.30. The van der Waals surface area contributed by atoms with Crippen molar-refractivity contribution in [1.29, 1.82) is 0 Å². The molecule has 3 N–H and O–H groups in total. The van der Waals surface area contributed by atoms with Crippen molar-refractivity contribution in [3.8, 4) is 0 Å². The van der Waals surface area contributed by atoms with E-state index in [1.54, 1.807) is 6.92 Å². The summed E-state index contributed by atoms with van der Waals surface area (Å²) in [5.74, 6) is -0.674. The number of hydrogen-bond donors (Lipinski definition) is 2. The van der Waals surface area contributed by atoms with Crippen LogP contribution in [-0.2, 0) is 10.0 Å². The van der Waals surface area contributed by atoms with Crippen molar-refractivity contribution in [2.75, 3.05) is 10.5 Å². The zero-order chi connectivity index (χ0) is 14.9. The molecule has 0 fully saturated rings. The molecule has 20 heavy (non-hydrogen) atoms. The molecule has 0 heterocycles. The Balaban J connectivity index is 2.47. The molecule has 0 aromatic heterocycles. The average Bonchev–Trinajstić information content (AvgIpc) is 2.36. The van der Waals surface area contributed by atoms with Gasteiger partial charge in [0.15, 0.2) is 0 Å². The average molecular weight is 315 g/mol. The number of hydrogen-bond acceptors (Lipinski definition) is 3. The Labute approximate surface area is 121 Å². The third-order valence-corrected chi connectivity index (χ3v) is 4.56. The van der Waals surface area contributed by atoms with Crippen LogP contribution < -0.4 is 10.5 Å². The summed E-state index contributed by atoms with van der Waals surface area (Å²) in [5, 5.41) is 0.0283. The SMILES string of the molecule is Cc1cc(Cl)c(S(=O)(=O)Nc2ccccc2F)cc1N. The number of rotatable bonds is 3. The van der Waals surface area contributed by atoms with E-state index in [2.05, 4.69) is 4.72 Å². The summed E-state index contributed by atoms with van der Waals surface area (Å²) in [6.07, 6.45) is 0. The Morgan fingerprint density at radius 3 is 2.55 bits per heavy atom. The van der Waals surface area contributed by atoms with Gasteiger partial charge in [0, 0.05) is 5.69 Å². The van der Waals surface area contributed by atoms with E-state index in [1.807, 2.05) is 0 Å². The van der Waals surface area contributed by atoms with Gasteiger partial charge in [-0.3, -0.25) is 4.72 Å². The molecule has 0 bridgehead atoms. The molecule has 106 valence electrons. The van der Waals surface area contributed by atoms with Crippen LogP contribution in [0.3, 0.4) is 0 Å². The molecular weight excluding hydrogens is 303 g/mol. The Kier molecular flexibility index (Phi) is 3.87. The highest BCUT2D eigenvalue weighted by Gasteiger charge is 2.20. The number of nitrogens with one attached hydrogen (secondary N) is 1. The summed E-state index contributed by atoms with van der Waals surface area (Å²) in [4.78, 5) is -0.189. The highest BCUT2D eigenvalue weighted by Crippen LogP contribution is 2.28. The molecular formula is C13H12ClFN2O2S. The lowest BCUT2D eigenvalue weighted by Crippen LogP contribution is -2.15. The number of benzene rings is 2. The van der Waals surface area contributed by atoms with E-state index in [0.29, 0.717) is 11.3 Å². The van der Waals surface area contributed by atoms with E-state index in [-0.39, 0.29) is 15.6 Å². The molecule has 0 spiro atoms. The van der Waals surface area contributed by atoms with E-state index in [0.717, 1.165) is 6.07 Å². The molecule has 0 aliphatic carbocycles. The second-order valence-corrected chi connectivity index (χ2v) is 6.28. The van der Waals surface area contributed by atoms with Crippen LogP contribution >= 0.6 is 11.6 Å². The fourth-order valence-corrected chi connectivity index (χ4v) is 3.30. The number of aryl methyl sites for hydroxylation is 1. The third-order valence-electron chi connectivity index (χ3n) is 2.73. The molecule has 0 aliphatic rings. The number of anilines is 2. The lowest BCUT2D eigenvalue weighted by molar-refractivity contribution is 0.598. The molecule has 0 aliphatic heterocycles. The number of halogens is 2. The fourth-order valence-electron chi connectivity index (χ4n) is 1.62. The van der Waals surface area contributed by atoms with Gasteiger partial charge in [-0.25, -0.2) is 12.8 Å². The highest BCUT2D eigenvalue weighted by atomic mass is 35.5. The minimum absolute atomic E-state index is 0.0283. The largest absolute Gasteiger partial charge is 0.398 e. The number of nitrogens with two attached hydrogens (primary N) is 1. The van der Waals surface area contributed by atoms with Crippen molar-refractivity contribution in [3.05, 3.63) is 52.8 Å². The second-order valence-electron chi connectivity index (χ2n) is 4.22. The Hall–Kier alpha value is -1.79.